The average Bonchev–Trinajstić information content (AvgIpc) is 2.30. The van der Waals surface area contributed by atoms with E-state index in [1.165, 1.54) is 35.1 Å². The van der Waals surface area contributed by atoms with Crippen molar-refractivity contribution in [2.75, 3.05) is 20.6 Å². The van der Waals surface area contributed by atoms with Crippen LogP contribution in [0.5, 0.6) is 0 Å². The van der Waals surface area contributed by atoms with Gasteiger partial charge < -0.3 is 0 Å². The summed E-state index contributed by atoms with van der Waals surface area (Å²) in [6, 6.07) is 6.41. The largest absolute Gasteiger partial charge is 0.278 e. The van der Waals surface area contributed by atoms with Crippen LogP contribution in [-0.2, 0) is 16.6 Å². The molecule has 0 heterocycles. The van der Waals surface area contributed by atoms with Crippen LogP contribution in [0, 0.1) is 6.92 Å². The fourth-order valence-corrected chi connectivity index (χ4v) is 2.38. The fourth-order valence-electron chi connectivity index (χ4n) is 1.76. The summed E-state index contributed by atoms with van der Waals surface area (Å²) in [4.78, 5) is 0. The molecule has 19 heavy (non-hydrogen) atoms. The third-order valence-electron chi connectivity index (χ3n) is 3.20. The third kappa shape index (κ3) is 4.60. The maximum Gasteiger partial charge on any atom is 0.278 e. The van der Waals surface area contributed by atoms with Crippen LogP contribution >= 0.6 is 0 Å². The van der Waals surface area contributed by atoms with Gasteiger partial charge in [0.2, 0.25) is 0 Å². The number of hydrogen-bond donors (Lipinski definition) is 1. The smallest absolute Gasteiger partial charge is 0.202 e. The Balaban J connectivity index is 2.71. The summed E-state index contributed by atoms with van der Waals surface area (Å²) < 4.78 is 27.0. The van der Waals surface area contributed by atoms with Crippen LogP contribution in [0.1, 0.15) is 36.5 Å². The van der Waals surface area contributed by atoms with Gasteiger partial charge in [0.1, 0.15) is 0 Å². The van der Waals surface area contributed by atoms with Gasteiger partial charge in [0.15, 0.2) is 0 Å². The van der Waals surface area contributed by atoms with E-state index in [9.17, 15) is 8.42 Å². The van der Waals surface area contributed by atoms with E-state index in [2.05, 4.69) is 43.7 Å². The predicted octanol–water partition coefficient (Wildman–Crippen LogP) is 2.06. The Bertz CT molecular complexity index is 522. The molecule has 0 bridgehead atoms. The van der Waals surface area contributed by atoms with Crippen molar-refractivity contribution in [3.8, 4) is 0 Å². The summed E-state index contributed by atoms with van der Waals surface area (Å²) >= 11 is 0. The van der Waals surface area contributed by atoms with Crippen LogP contribution in [0.2, 0.25) is 0 Å². The van der Waals surface area contributed by atoms with Crippen molar-refractivity contribution in [3.05, 3.63) is 34.9 Å². The molecule has 4 nitrogen and oxygen atoms in total. The number of benzene rings is 1. The van der Waals surface area contributed by atoms with Gasteiger partial charge in [-0.1, -0.05) is 32.0 Å². The van der Waals surface area contributed by atoms with E-state index in [0.29, 0.717) is 18.9 Å². The molecule has 0 atom stereocenters. The van der Waals surface area contributed by atoms with Crippen molar-refractivity contribution in [1.82, 2.24) is 9.03 Å². The van der Waals surface area contributed by atoms with Gasteiger partial charge in [-0.3, -0.25) is 0 Å². The summed E-state index contributed by atoms with van der Waals surface area (Å²) in [6.07, 6.45) is 0.708. The van der Waals surface area contributed by atoms with Gasteiger partial charge >= 0.3 is 0 Å². The van der Waals surface area contributed by atoms with E-state index in [-0.39, 0.29) is 0 Å². The molecule has 0 unspecified atom stereocenters. The summed E-state index contributed by atoms with van der Waals surface area (Å²) in [7, 11) is -0.283. The quantitative estimate of drug-likeness (QED) is 0.869. The third-order valence-corrected chi connectivity index (χ3v) is 4.73. The highest BCUT2D eigenvalue weighted by molar-refractivity contribution is 7.87. The number of hydrogen-bond acceptors (Lipinski definition) is 2. The molecule has 1 aromatic rings. The van der Waals surface area contributed by atoms with Crippen LogP contribution in [0.3, 0.4) is 0 Å². The summed E-state index contributed by atoms with van der Waals surface area (Å²) in [5.74, 6) is 0.484. The van der Waals surface area contributed by atoms with E-state index < -0.39 is 10.2 Å². The standard InChI is InChI=1S/C14H24N2O2S/c1-11(2)13-7-6-12(3)14(10-13)8-9-15-19(17,18)16(4)5/h6-7,10-11,15H,8-9H2,1-5H3. The van der Waals surface area contributed by atoms with Crippen LogP contribution < -0.4 is 4.72 Å². The molecular weight excluding hydrogens is 260 g/mol. The average molecular weight is 284 g/mol. The SMILES string of the molecule is Cc1ccc(C(C)C)cc1CCNS(=O)(=O)N(C)C. The first-order valence-electron chi connectivity index (χ1n) is 6.50. The predicted molar refractivity (Wildman–Crippen MR) is 79.6 cm³/mol. The minimum absolute atomic E-state index is 0.420. The van der Waals surface area contributed by atoms with Crippen molar-refractivity contribution >= 4 is 10.2 Å². The van der Waals surface area contributed by atoms with Crippen molar-refractivity contribution in [3.63, 3.8) is 0 Å². The zero-order valence-electron chi connectivity index (χ0n) is 12.4. The van der Waals surface area contributed by atoms with E-state index >= 15 is 0 Å². The minimum Gasteiger partial charge on any atom is -0.202 e. The Kier molecular flexibility index (Phi) is 5.52. The minimum atomic E-state index is -3.32. The highest BCUT2D eigenvalue weighted by atomic mass is 32.2. The lowest BCUT2D eigenvalue weighted by atomic mass is 9.96. The molecule has 0 amide bonds. The molecule has 0 fully saturated rings. The summed E-state index contributed by atoms with van der Waals surface area (Å²) in [6.45, 7) is 6.79. The molecule has 0 saturated carbocycles. The molecule has 108 valence electrons. The highest BCUT2D eigenvalue weighted by Gasteiger charge is 2.12. The molecule has 0 aliphatic heterocycles. The van der Waals surface area contributed by atoms with Crippen LogP contribution in [0.15, 0.2) is 18.2 Å². The lowest BCUT2D eigenvalue weighted by molar-refractivity contribution is 0.506. The first-order valence-corrected chi connectivity index (χ1v) is 7.94. The zero-order valence-corrected chi connectivity index (χ0v) is 13.2. The Morgan fingerprint density at radius 2 is 1.89 bits per heavy atom. The second-order valence-corrected chi connectivity index (χ2v) is 7.24. The molecule has 1 aromatic carbocycles. The second-order valence-electron chi connectivity index (χ2n) is 5.27. The maximum atomic E-state index is 11.6. The first kappa shape index (κ1) is 16.1. The van der Waals surface area contributed by atoms with Gasteiger partial charge in [0.25, 0.3) is 10.2 Å². The molecule has 0 radical (unpaired) electrons. The molecule has 1 rings (SSSR count). The summed E-state index contributed by atoms with van der Waals surface area (Å²) in [5, 5.41) is 0. The van der Waals surface area contributed by atoms with Gasteiger partial charge in [0, 0.05) is 20.6 Å². The van der Waals surface area contributed by atoms with Crippen LogP contribution in [0.4, 0.5) is 0 Å². The van der Waals surface area contributed by atoms with Crippen molar-refractivity contribution in [1.29, 1.82) is 0 Å². The topological polar surface area (TPSA) is 49.4 Å². The monoisotopic (exact) mass is 284 g/mol. The molecule has 0 aliphatic rings. The lowest BCUT2D eigenvalue weighted by Gasteiger charge is -2.14. The summed E-state index contributed by atoms with van der Waals surface area (Å²) in [5.41, 5.74) is 3.69. The van der Waals surface area contributed by atoms with Gasteiger partial charge in [-0.25, -0.2) is 4.72 Å². The molecule has 0 saturated heterocycles. The first-order chi connectivity index (χ1) is 8.74. The second kappa shape index (κ2) is 6.50. The molecule has 0 aliphatic carbocycles. The van der Waals surface area contributed by atoms with Gasteiger partial charge in [-0.2, -0.15) is 12.7 Å². The van der Waals surface area contributed by atoms with Crippen molar-refractivity contribution < 1.29 is 8.42 Å². The Labute approximate surface area is 117 Å². The Morgan fingerprint density at radius 1 is 1.26 bits per heavy atom. The van der Waals surface area contributed by atoms with Gasteiger partial charge in [0.05, 0.1) is 0 Å². The lowest BCUT2D eigenvalue weighted by Crippen LogP contribution is -2.36. The van der Waals surface area contributed by atoms with Crippen molar-refractivity contribution in [2.45, 2.75) is 33.1 Å². The van der Waals surface area contributed by atoms with Crippen LogP contribution in [0.25, 0.3) is 0 Å². The molecule has 5 heteroatoms. The molecular formula is C14H24N2O2S. The number of aryl methyl sites for hydroxylation is 1. The van der Waals surface area contributed by atoms with E-state index in [1.54, 1.807) is 0 Å². The van der Waals surface area contributed by atoms with E-state index in [4.69, 9.17) is 0 Å². The number of nitrogens with zero attached hydrogens (tertiary/aromatic N) is 1. The number of rotatable bonds is 6. The van der Waals surface area contributed by atoms with E-state index in [0.717, 1.165) is 0 Å². The van der Waals surface area contributed by atoms with Crippen LogP contribution in [-0.4, -0.2) is 33.4 Å². The van der Waals surface area contributed by atoms with Gasteiger partial charge in [-0.05, 0) is 36.0 Å². The zero-order chi connectivity index (χ0) is 14.6. The fraction of sp³-hybridized carbons (Fsp3) is 0.571. The maximum absolute atomic E-state index is 11.6. The normalized spacial score (nSPS) is 12.4. The van der Waals surface area contributed by atoms with Gasteiger partial charge in [-0.15, -0.1) is 0 Å². The van der Waals surface area contributed by atoms with E-state index in [1.807, 2.05) is 0 Å². The highest BCUT2D eigenvalue weighted by Crippen LogP contribution is 2.18. The number of nitrogens with one attached hydrogen (secondary N) is 1. The Hall–Kier alpha value is -0.910. The van der Waals surface area contributed by atoms with Crippen molar-refractivity contribution in [2.24, 2.45) is 0 Å². The molecule has 0 aromatic heterocycles. The Morgan fingerprint density at radius 3 is 2.42 bits per heavy atom. The molecule has 0 spiro atoms. The molecule has 1 N–H and O–H groups in total.